The number of aryl methyl sites for hydroxylation is 1. The molecule has 0 fully saturated rings. The number of aromatic nitrogens is 2. The second kappa shape index (κ2) is 5.93. The molecule has 5 heteroatoms. The number of halogens is 1. The fraction of sp³-hybridized carbons (Fsp3) is 0.231. The summed E-state index contributed by atoms with van der Waals surface area (Å²) in [4.78, 5) is 8.35. The van der Waals surface area contributed by atoms with Crippen LogP contribution >= 0.6 is 15.9 Å². The van der Waals surface area contributed by atoms with Gasteiger partial charge in [-0.3, -0.25) is 0 Å². The zero-order valence-electron chi connectivity index (χ0n) is 10.3. The maximum Gasteiger partial charge on any atom is 0.321 e. The monoisotopic (exact) mass is 307 g/mol. The predicted molar refractivity (Wildman–Crippen MR) is 73.7 cm³/mol. The van der Waals surface area contributed by atoms with Gasteiger partial charge in [-0.15, -0.1) is 0 Å². The minimum absolute atomic E-state index is 0.357. The molecule has 0 saturated heterocycles. The summed E-state index contributed by atoms with van der Waals surface area (Å²) >= 11 is 3.41. The molecule has 2 rings (SSSR count). The van der Waals surface area contributed by atoms with Crippen molar-refractivity contribution < 1.29 is 4.74 Å². The first-order valence-electron chi connectivity index (χ1n) is 5.58. The van der Waals surface area contributed by atoms with E-state index in [4.69, 9.17) is 4.74 Å². The van der Waals surface area contributed by atoms with Gasteiger partial charge in [-0.25, -0.2) is 9.97 Å². The molecule has 0 amide bonds. The van der Waals surface area contributed by atoms with Crippen LogP contribution in [0.4, 0.5) is 0 Å². The van der Waals surface area contributed by atoms with Crippen molar-refractivity contribution in [2.45, 2.75) is 13.5 Å². The minimum atomic E-state index is 0.357. The molecule has 0 atom stereocenters. The van der Waals surface area contributed by atoms with Crippen LogP contribution in [-0.4, -0.2) is 17.0 Å². The molecule has 0 aliphatic heterocycles. The topological polar surface area (TPSA) is 47.0 Å². The standard InChI is InChI=1S/C13H14BrN3O/c1-9-3-4-11(14)5-12(9)18-13-16-7-10(6-15-2)8-17-13/h3-5,7-8,15H,6H2,1-2H3. The molecular weight excluding hydrogens is 294 g/mol. The molecule has 0 unspecified atom stereocenters. The Kier molecular flexibility index (Phi) is 4.28. The minimum Gasteiger partial charge on any atom is -0.424 e. The van der Waals surface area contributed by atoms with Crippen LogP contribution in [0.3, 0.4) is 0 Å². The van der Waals surface area contributed by atoms with Gasteiger partial charge in [-0.05, 0) is 31.7 Å². The molecule has 0 spiro atoms. The van der Waals surface area contributed by atoms with Crippen molar-refractivity contribution in [1.29, 1.82) is 0 Å². The van der Waals surface area contributed by atoms with Crippen LogP contribution in [0.1, 0.15) is 11.1 Å². The molecule has 1 heterocycles. The van der Waals surface area contributed by atoms with Crippen LogP contribution in [0.5, 0.6) is 11.8 Å². The van der Waals surface area contributed by atoms with E-state index in [-0.39, 0.29) is 0 Å². The Morgan fingerprint density at radius 3 is 2.67 bits per heavy atom. The van der Waals surface area contributed by atoms with Crippen LogP contribution in [0.15, 0.2) is 35.1 Å². The summed E-state index contributed by atoms with van der Waals surface area (Å²) in [6, 6.07) is 6.21. The first-order chi connectivity index (χ1) is 8.69. The lowest BCUT2D eigenvalue weighted by Crippen LogP contribution is -2.06. The predicted octanol–water partition coefficient (Wildman–Crippen LogP) is 3.06. The second-order valence-electron chi connectivity index (χ2n) is 3.92. The molecule has 0 bridgehead atoms. The van der Waals surface area contributed by atoms with Gasteiger partial charge in [0.2, 0.25) is 0 Å². The third-order valence-electron chi connectivity index (χ3n) is 2.41. The van der Waals surface area contributed by atoms with Gasteiger partial charge in [0, 0.05) is 29.0 Å². The van der Waals surface area contributed by atoms with Crippen molar-refractivity contribution in [3.63, 3.8) is 0 Å². The maximum absolute atomic E-state index is 5.65. The van der Waals surface area contributed by atoms with Crippen molar-refractivity contribution >= 4 is 15.9 Å². The Morgan fingerprint density at radius 1 is 1.28 bits per heavy atom. The third kappa shape index (κ3) is 3.27. The van der Waals surface area contributed by atoms with Crippen molar-refractivity contribution in [3.8, 4) is 11.8 Å². The number of nitrogens with one attached hydrogen (secondary N) is 1. The average molecular weight is 308 g/mol. The number of hydrogen-bond donors (Lipinski definition) is 1. The summed E-state index contributed by atoms with van der Waals surface area (Å²) in [5.41, 5.74) is 2.07. The highest BCUT2D eigenvalue weighted by Crippen LogP contribution is 2.26. The SMILES string of the molecule is CNCc1cnc(Oc2cc(Br)ccc2C)nc1. The van der Waals surface area contributed by atoms with Gasteiger partial charge < -0.3 is 10.1 Å². The van der Waals surface area contributed by atoms with Gasteiger partial charge in [0.25, 0.3) is 0 Å². The largest absolute Gasteiger partial charge is 0.424 e. The van der Waals surface area contributed by atoms with Crippen LogP contribution in [0.25, 0.3) is 0 Å². The van der Waals surface area contributed by atoms with E-state index in [1.807, 2.05) is 32.2 Å². The average Bonchev–Trinajstić information content (AvgIpc) is 2.37. The van der Waals surface area contributed by atoms with Gasteiger partial charge in [0.1, 0.15) is 5.75 Å². The van der Waals surface area contributed by atoms with Crippen LogP contribution in [0, 0.1) is 6.92 Å². The Bertz CT molecular complexity index is 528. The summed E-state index contributed by atoms with van der Waals surface area (Å²) in [5.74, 6) is 0.755. The van der Waals surface area contributed by atoms with E-state index in [1.54, 1.807) is 12.4 Å². The lowest BCUT2D eigenvalue weighted by molar-refractivity contribution is 0.437. The van der Waals surface area contributed by atoms with Gasteiger partial charge in [-0.1, -0.05) is 22.0 Å². The highest BCUT2D eigenvalue weighted by atomic mass is 79.9. The molecule has 0 saturated carbocycles. The van der Waals surface area contributed by atoms with Crippen molar-refractivity contribution in [3.05, 3.63) is 46.2 Å². The Labute approximate surface area is 115 Å². The number of nitrogens with zero attached hydrogens (tertiary/aromatic N) is 2. The number of benzene rings is 1. The molecule has 2 aromatic rings. The van der Waals surface area contributed by atoms with Crippen molar-refractivity contribution in [2.75, 3.05) is 7.05 Å². The maximum atomic E-state index is 5.65. The third-order valence-corrected chi connectivity index (χ3v) is 2.91. The molecule has 4 nitrogen and oxygen atoms in total. The van der Waals surface area contributed by atoms with E-state index in [0.29, 0.717) is 6.01 Å². The van der Waals surface area contributed by atoms with E-state index in [0.717, 1.165) is 27.9 Å². The van der Waals surface area contributed by atoms with Crippen LogP contribution in [-0.2, 0) is 6.54 Å². The van der Waals surface area contributed by atoms with Crippen molar-refractivity contribution in [1.82, 2.24) is 15.3 Å². The van der Waals surface area contributed by atoms with E-state index in [9.17, 15) is 0 Å². The molecule has 0 radical (unpaired) electrons. The van der Waals surface area contributed by atoms with Gasteiger partial charge in [0.15, 0.2) is 0 Å². The molecule has 1 N–H and O–H groups in total. The molecular formula is C13H14BrN3O. The lowest BCUT2D eigenvalue weighted by Gasteiger charge is -2.07. The van der Waals surface area contributed by atoms with E-state index < -0.39 is 0 Å². The summed E-state index contributed by atoms with van der Waals surface area (Å²) in [5, 5.41) is 3.04. The number of hydrogen-bond acceptors (Lipinski definition) is 4. The van der Waals surface area contributed by atoms with Gasteiger partial charge in [0.05, 0.1) is 0 Å². The number of rotatable bonds is 4. The second-order valence-corrected chi connectivity index (χ2v) is 4.83. The summed E-state index contributed by atoms with van der Waals surface area (Å²) in [6.07, 6.45) is 3.51. The Hall–Kier alpha value is -1.46. The molecule has 1 aromatic heterocycles. The Morgan fingerprint density at radius 2 is 2.00 bits per heavy atom. The van der Waals surface area contributed by atoms with E-state index >= 15 is 0 Å². The van der Waals surface area contributed by atoms with E-state index in [2.05, 4.69) is 31.2 Å². The normalized spacial score (nSPS) is 10.4. The molecule has 0 aliphatic rings. The zero-order valence-corrected chi connectivity index (χ0v) is 11.9. The van der Waals surface area contributed by atoms with Gasteiger partial charge >= 0.3 is 6.01 Å². The molecule has 0 aliphatic carbocycles. The fourth-order valence-corrected chi connectivity index (χ4v) is 1.81. The van der Waals surface area contributed by atoms with Crippen LogP contribution in [0.2, 0.25) is 0 Å². The first-order valence-corrected chi connectivity index (χ1v) is 6.38. The Balaban J connectivity index is 2.15. The lowest BCUT2D eigenvalue weighted by atomic mass is 10.2. The summed E-state index contributed by atoms with van der Waals surface area (Å²) < 4.78 is 6.62. The zero-order chi connectivity index (χ0) is 13.0. The van der Waals surface area contributed by atoms with Crippen molar-refractivity contribution in [2.24, 2.45) is 0 Å². The first kappa shape index (κ1) is 13.0. The highest BCUT2D eigenvalue weighted by molar-refractivity contribution is 9.10. The molecule has 1 aromatic carbocycles. The summed E-state index contributed by atoms with van der Waals surface area (Å²) in [6.45, 7) is 2.73. The quantitative estimate of drug-likeness (QED) is 0.943. The smallest absolute Gasteiger partial charge is 0.321 e. The molecule has 18 heavy (non-hydrogen) atoms. The summed E-state index contributed by atoms with van der Waals surface area (Å²) in [7, 11) is 1.88. The fourth-order valence-electron chi connectivity index (χ4n) is 1.47. The molecule has 94 valence electrons. The van der Waals surface area contributed by atoms with Crippen LogP contribution < -0.4 is 10.1 Å². The number of ether oxygens (including phenoxy) is 1. The van der Waals surface area contributed by atoms with E-state index in [1.165, 1.54) is 0 Å². The highest BCUT2D eigenvalue weighted by Gasteiger charge is 2.04. The van der Waals surface area contributed by atoms with Gasteiger partial charge in [-0.2, -0.15) is 0 Å².